The number of nitrogens with one attached hydrogen (secondary N) is 1. The largest absolute Gasteiger partial charge is 0.355 e. The number of carbonyl (C=O) groups excluding carboxylic acids is 1. The minimum absolute atomic E-state index is 0.155. The van der Waals surface area contributed by atoms with Crippen LogP contribution in [0.3, 0.4) is 0 Å². The van der Waals surface area contributed by atoms with Crippen LogP contribution in [0, 0.1) is 13.8 Å². The number of aryl methyl sites for hydroxylation is 1. The van der Waals surface area contributed by atoms with Gasteiger partial charge in [0.2, 0.25) is 15.9 Å². The second kappa shape index (κ2) is 6.37. The molecule has 1 fully saturated rings. The number of rotatable bonds is 3. The van der Waals surface area contributed by atoms with Crippen molar-refractivity contribution in [3.63, 3.8) is 0 Å². The summed E-state index contributed by atoms with van der Waals surface area (Å²) in [6.07, 6.45) is 0.593. The average molecular weight is 348 g/mol. The van der Waals surface area contributed by atoms with Crippen molar-refractivity contribution in [1.29, 1.82) is 0 Å². The number of hydrogen-bond donors (Lipinski definition) is 1. The molecule has 1 saturated heterocycles. The first-order valence-electron chi connectivity index (χ1n) is 7.80. The summed E-state index contributed by atoms with van der Waals surface area (Å²) in [7, 11) is -3.78. The fourth-order valence-corrected chi connectivity index (χ4v) is 4.72. The molecule has 2 aromatic rings. The molecule has 0 radical (unpaired) electrons. The van der Waals surface area contributed by atoms with Gasteiger partial charge in [-0.1, -0.05) is 18.2 Å². The molecular formula is C16H20N4O3S. The summed E-state index contributed by atoms with van der Waals surface area (Å²) in [5.41, 5.74) is 1.78. The third kappa shape index (κ3) is 2.94. The Hall–Kier alpha value is -2.19. The van der Waals surface area contributed by atoms with Gasteiger partial charge in [0.25, 0.3) is 0 Å². The molecular weight excluding hydrogens is 328 g/mol. The zero-order chi connectivity index (χ0) is 17.3. The maximum absolute atomic E-state index is 13.1. The van der Waals surface area contributed by atoms with E-state index in [0.717, 1.165) is 5.69 Å². The molecule has 1 aromatic heterocycles. The van der Waals surface area contributed by atoms with E-state index in [2.05, 4.69) is 10.4 Å². The zero-order valence-corrected chi connectivity index (χ0v) is 14.5. The summed E-state index contributed by atoms with van der Waals surface area (Å²) in [6.45, 7) is 4.06. The lowest BCUT2D eigenvalue weighted by Crippen LogP contribution is -2.37. The molecule has 1 aliphatic rings. The predicted octanol–water partition coefficient (Wildman–Crippen LogP) is 1.000. The first-order valence-corrected chi connectivity index (χ1v) is 9.24. The number of aromatic nitrogens is 2. The van der Waals surface area contributed by atoms with Gasteiger partial charge in [-0.25, -0.2) is 13.1 Å². The van der Waals surface area contributed by atoms with Gasteiger partial charge in [0, 0.05) is 13.1 Å². The van der Waals surface area contributed by atoms with Crippen molar-refractivity contribution in [1.82, 2.24) is 19.4 Å². The van der Waals surface area contributed by atoms with Crippen LogP contribution in [0.15, 0.2) is 35.2 Å². The van der Waals surface area contributed by atoms with E-state index in [1.54, 1.807) is 18.5 Å². The lowest BCUT2D eigenvalue weighted by atomic mass is 10.3. The predicted molar refractivity (Wildman–Crippen MR) is 89.4 cm³/mol. The topological polar surface area (TPSA) is 84.3 Å². The van der Waals surface area contributed by atoms with E-state index in [-0.39, 0.29) is 17.3 Å². The van der Waals surface area contributed by atoms with Crippen LogP contribution in [0.25, 0.3) is 5.69 Å². The molecule has 1 amide bonds. The Morgan fingerprint density at radius 1 is 1.17 bits per heavy atom. The first kappa shape index (κ1) is 16.7. The summed E-state index contributed by atoms with van der Waals surface area (Å²) in [4.78, 5) is 11.9. The number of para-hydroxylation sites is 1. The van der Waals surface area contributed by atoms with Gasteiger partial charge in [-0.15, -0.1) is 0 Å². The number of nitrogens with zero attached hydrogens (tertiary/aromatic N) is 3. The maximum Gasteiger partial charge on any atom is 0.247 e. The highest BCUT2D eigenvalue weighted by Gasteiger charge is 2.33. The third-order valence-corrected chi connectivity index (χ3v) is 6.15. The van der Waals surface area contributed by atoms with Gasteiger partial charge in [0.1, 0.15) is 4.90 Å². The summed E-state index contributed by atoms with van der Waals surface area (Å²) >= 11 is 0. The number of benzene rings is 1. The lowest BCUT2D eigenvalue weighted by Gasteiger charge is -2.19. The van der Waals surface area contributed by atoms with E-state index >= 15 is 0 Å². The quantitative estimate of drug-likeness (QED) is 0.897. The van der Waals surface area contributed by atoms with Crippen LogP contribution in [0.1, 0.15) is 17.8 Å². The highest BCUT2D eigenvalue weighted by atomic mass is 32.2. The normalized spacial score (nSPS) is 16.7. The fourth-order valence-electron chi connectivity index (χ4n) is 2.93. The number of sulfonamides is 1. The molecule has 1 aliphatic heterocycles. The van der Waals surface area contributed by atoms with E-state index in [1.165, 1.54) is 4.31 Å². The molecule has 128 valence electrons. The molecule has 1 aromatic carbocycles. The molecule has 1 N–H and O–H groups in total. The Labute approximate surface area is 141 Å². The third-order valence-electron chi connectivity index (χ3n) is 4.05. The van der Waals surface area contributed by atoms with E-state index < -0.39 is 10.0 Å². The van der Waals surface area contributed by atoms with E-state index in [4.69, 9.17) is 0 Å². The highest BCUT2D eigenvalue weighted by Crippen LogP contribution is 2.26. The van der Waals surface area contributed by atoms with Crippen molar-refractivity contribution in [3.8, 4) is 5.69 Å². The fraction of sp³-hybridized carbons (Fsp3) is 0.375. The average Bonchev–Trinajstić information content (AvgIpc) is 2.72. The minimum atomic E-state index is -3.78. The van der Waals surface area contributed by atoms with E-state index in [0.29, 0.717) is 30.9 Å². The molecule has 2 heterocycles. The van der Waals surface area contributed by atoms with Gasteiger partial charge < -0.3 is 5.32 Å². The molecule has 24 heavy (non-hydrogen) atoms. The second-order valence-corrected chi connectivity index (χ2v) is 7.66. The molecule has 7 nitrogen and oxygen atoms in total. The van der Waals surface area contributed by atoms with Gasteiger partial charge in [0.15, 0.2) is 0 Å². The van der Waals surface area contributed by atoms with Crippen LogP contribution in [0.5, 0.6) is 0 Å². The molecule has 0 spiro atoms. The molecule has 0 saturated carbocycles. The Kier molecular flexibility index (Phi) is 4.42. The number of hydrogen-bond acceptors (Lipinski definition) is 4. The lowest BCUT2D eigenvalue weighted by molar-refractivity contribution is -0.120. The minimum Gasteiger partial charge on any atom is -0.355 e. The van der Waals surface area contributed by atoms with Gasteiger partial charge in [0.05, 0.1) is 23.6 Å². The second-order valence-electron chi connectivity index (χ2n) is 5.79. The monoisotopic (exact) mass is 348 g/mol. The van der Waals surface area contributed by atoms with E-state index in [1.807, 2.05) is 30.3 Å². The Balaban J connectivity index is 2.05. The standard InChI is InChI=1S/C16H20N4O3S/c1-12-16(13(2)20(18-12)14-7-4-3-5-8-14)24(22,23)19-10-6-9-17-15(21)11-19/h3-5,7-8H,6,9-11H2,1-2H3,(H,17,21). The van der Waals surface area contributed by atoms with Crippen molar-refractivity contribution in [3.05, 3.63) is 41.7 Å². The van der Waals surface area contributed by atoms with Crippen molar-refractivity contribution in [2.75, 3.05) is 19.6 Å². The van der Waals surface area contributed by atoms with Crippen molar-refractivity contribution < 1.29 is 13.2 Å². The summed E-state index contributed by atoms with van der Waals surface area (Å²) in [5, 5.41) is 7.09. The smallest absolute Gasteiger partial charge is 0.247 e. The first-order chi connectivity index (χ1) is 11.4. The summed E-state index contributed by atoms with van der Waals surface area (Å²) in [5.74, 6) is -0.276. The molecule has 8 heteroatoms. The highest BCUT2D eigenvalue weighted by molar-refractivity contribution is 7.89. The van der Waals surface area contributed by atoms with Crippen LogP contribution in [-0.4, -0.2) is 48.0 Å². The number of amides is 1. The Morgan fingerprint density at radius 3 is 2.58 bits per heavy atom. The van der Waals surface area contributed by atoms with Gasteiger partial charge >= 0.3 is 0 Å². The molecule has 3 rings (SSSR count). The molecule has 0 atom stereocenters. The van der Waals surface area contributed by atoms with Crippen LogP contribution in [0.2, 0.25) is 0 Å². The van der Waals surface area contributed by atoms with Crippen LogP contribution in [-0.2, 0) is 14.8 Å². The van der Waals surface area contributed by atoms with Gasteiger partial charge in [-0.05, 0) is 32.4 Å². The molecule has 0 unspecified atom stereocenters. The molecule has 0 aliphatic carbocycles. The maximum atomic E-state index is 13.1. The summed E-state index contributed by atoms with van der Waals surface area (Å²) in [6, 6.07) is 9.38. The summed E-state index contributed by atoms with van der Waals surface area (Å²) < 4.78 is 29.0. The van der Waals surface area contributed by atoms with Gasteiger partial charge in [-0.3, -0.25) is 4.79 Å². The van der Waals surface area contributed by atoms with Crippen molar-refractivity contribution in [2.45, 2.75) is 25.2 Å². The zero-order valence-electron chi connectivity index (χ0n) is 13.7. The number of carbonyl (C=O) groups is 1. The SMILES string of the molecule is Cc1nn(-c2ccccc2)c(C)c1S(=O)(=O)N1CCCNC(=O)C1. The van der Waals surface area contributed by atoms with Gasteiger partial charge in [-0.2, -0.15) is 9.40 Å². The van der Waals surface area contributed by atoms with Crippen molar-refractivity contribution in [2.24, 2.45) is 0 Å². The van der Waals surface area contributed by atoms with Crippen LogP contribution in [0.4, 0.5) is 0 Å². The Morgan fingerprint density at radius 2 is 1.88 bits per heavy atom. The van der Waals surface area contributed by atoms with Crippen LogP contribution < -0.4 is 5.32 Å². The van der Waals surface area contributed by atoms with Crippen LogP contribution >= 0.6 is 0 Å². The molecule has 0 bridgehead atoms. The van der Waals surface area contributed by atoms with Crippen molar-refractivity contribution >= 4 is 15.9 Å². The Bertz CT molecular complexity index is 859. The van der Waals surface area contributed by atoms with E-state index in [9.17, 15) is 13.2 Å².